The van der Waals surface area contributed by atoms with Gasteiger partial charge in [0.2, 0.25) is 5.91 Å². The van der Waals surface area contributed by atoms with Gasteiger partial charge in [0, 0.05) is 50.5 Å². The van der Waals surface area contributed by atoms with Crippen LogP contribution < -0.4 is 0 Å². The molecule has 3 rings (SSSR count). The van der Waals surface area contributed by atoms with Gasteiger partial charge in [-0.1, -0.05) is 0 Å². The second kappa shape index (κ2) is 6.57. The number of amides is 2. The molecule has 0 saturated carbocycles. The van der Waals surface area contributed by atoms with Crippen LogP contribution in [-0.2, 0) is 9.53 Å². The highest BCUT2D eigenvalue weighted by molar-refractivity contribution is 7.09. The van der Waals surface area contributed by atoms with Crippen LogP contribution in [-0.4, -0.2) is 66.5 Å². The fourth-order valence-corrected chi connectivity index (χ4v) is 4.12. The number of carbonyl (C=O) groups excluding carboxylic acids is 2. The first-order valence-electron chi connectivity index (χ1n) is 8.01. The predicted octanol–water partition coefficient (Wildman–Crippen LogP) is 1.55. The van der Waals surface area contributed by atoms with Crippen molar-refractivity contribution in [2.24, 2.45) is 5.41 Å². The van der Waals surface area contributed by atoms with E-state index in [0.29, 0.717) is 38.4 Å². The Bertz CT molecular complexity index is 593. The molecule has 0 N–H and O–H groups in total. The molecule has 1 spiro atoms. The van der Waals surface area contributed by atoms with E-state index in [2.05, 4.69) is 4.98 Å². The van der Waals surface area contributed by atoms with E-state index < -0.39 is 0 Å². The number of hydrogen-bond donors (Lipinski definition) is 0. The molecule has 0 atom stereocenters. The Kier molecular flexibility index (Phi) is 4.68. The van der Waals surface area contributed by atoms with Gasteiger partial charge in [-0.05, 0) is 19.8 Å². The van der Waals surface area contributed by atoms with E-state index in [1.807, 2.05) is 22.1 Å². The van der Waals surface area contributed by atoms with Crippen LogP contribution in [0.15, 0.2) is 5.38 Å². The first-order valence-corrected chi connectivity index (χ1v) is 8.89. The van der Waals surface area contributed by atoms with Crippen molar-refractivity contribution in [1.29, 1.82) is 0 Å². The van der Waals surface area contributed by atoms with Crippen LogP contribution in [0.3, 0.4) is 0 Å². The number of hydrogen-bond acceptors (Lipinski definition) is 5. The summed E-state index contributed by atoms with van der Waals surface area (Å²) in [7, 11) is 1.65. The Morgan fingerprint density at radius 1 is 1.43 bits per heavy atom. The minimum atomic E-state index is 0.0183. The van der Waals surface area contributed by atoms with E-state index in [-0.39, 0.29) is 17.2 Å². The molecule has 0 radical (unpaired) electrons. The number of likely N-dealkylation sites (tertiary alicyclic amines) is 2. The van der Waals surface area contributed by atoms with Gasteiger partial charge < -0.3 is 14.5 Å². The molecule has 2 fully saturated rings. The summed E-state index contributed by atoms with van der Waals surface area (Å²) in [6.07, 6.45) is 2.38. The highest BCUT2D eigenvalue weighted by Gasteiger charge is 2.45. The van der Waals surface area contributed by atoms with Gasteiger partial charge in [-0.2, -0.15) is 0 Å². The minimum Gasteiger partial charge on any atom is -0.383 e. The van der Waals surface area contributed by atoms with Gasteiger partial charge in [0.15, 0.2) is 0 Å². The van der Waals surface area contributed by atoms with Crippen molar-refractivity contribution < 1.29 is 14.3 Å². The van der Waals surface area contributed by atoms with Crippen LogP contribution >= 0.6 is 11.3 Å². The van der Waals surface area contributed by atoms with Crippen molar-refractivity contribution in [3.05, 3.63) is 16.1 Å². The smallest absolute Gasteiger partial charge is 0.273 e. The van der Waals surface area contributed by atoms with Crippen LogP contribution in [0.1, 0.15) is 34.8 Å². The van der Waals surface area contributed by atoms with Crippen LogP contribution in [0, 0.1) is 12.3 Å². The summed E-state index contributed by atoms with van der Waals surface area (Å²) in [5.41, 5.74) is 0.590. The van der Waals surface area contributed by atoms with E-state index in [0.717, 1.165) is 24.4 Å². The molecule has 0 aliphatic carbocycles. The molecule has 1 aromatic rings. The van der Waals surface area contributed by atoms with Crippen LogP contribution in [0.25, 0.3) is 0 Å². The zero-order valence-corrected chi connectivity index (χ0v) is 14.5. The Balaban J connectivity index is 1.58. The Labute approximate surface area is 140 Å². The third-order valence-electron chi connectivity index (χ3n) is 4.92. The van der Waals surface area contributed by atoms with Gasteiger partial charge >= 0.3 is 0 Å². The van der Waals surface area contributed by atoms with Gasteiger partial charge in [0.1, 0.15) is 5.69 Å². The van der Waals surface area contributed by atoms with Crippen molar-refractivity contribution in [2.45, 2.75) is 26.2 Å². The number of aromatic nitrogens is 1. The lowest BCUT2D eigenvalue weighted by Crippen LogP contribution is -2.44. The largest absolute Gasteiger partial charge is 0.383 e. The molecule has 23 heavy (non-hydrogen) atoms. The van der Waals surface area contributed by atoms with Gasteiger partial charge in [0.05, 0.1) is 11.6 Å². The monoisotopic (exact) mass is 337 g/mol. The topological polar surface area (TPSA) is 62.7 Å². The number of rotatable bonds is 4. The van der Waals surface area contributed by atoms with Crippen LogP contribution in [0.2, 0.25) is 0 Å². The fraction of sp³-hybridized carbons (Fsp3) is 0.688. The van der Waals surface area contributed by atoms with Crippen molar-refractivity contribution in [1.82, 2.24) is 14.8 Å². The normalized spacial score (nSPS) is 20.5. The SMILES string of the molecule is COCCN1CC2(CCN(C(=O)c3csc(C)n3)CC2)CC1=O. The summed E-state index contributed by atoms with van der Waals surface area (Å²) in [6, 6.07) is 0. The van der Waals surface area contributed by atoms with Crippen LogP contribution in [0.5, 0.6) is 0 Å². The summed E-state index contributed by atoms with van der Waals surface area (Å²) in [6.45, 7) is 5.37. The molecule has 3 heterocycles. The van der Waals surface area contributed by atoms with E-state index in [1.54, 1.807) is 7.11 Å². The third-order valence-corrected chi connectivity index (χ3v) is 5.69. The second-order valence-corrected chi connectivity index (χ2v) is 7.59. The molecule has 126 valence electrons. The molecule has 7 heteroatoms. The van der Waals surface area contributed by atoms with Crippen molar-refractivity contribution in [2.75, 3.05) is 39.9 Å². The molecule has 2 saturated heterocycles. The number of thiazole rings is 1. The number of nitrogens with zero attached hydrogens (tertiary/aromatic N) is 3. The maximum absolute atomic E-state index is 12.5. The number of piperidine rings is 1. The molecule has 0 unspecified atom stereocenters. The Hall–Kier alpha value is -1.47. The van der Waals surface area contributed by atoms with Crippen LogP contribution in [0.4, 0.5) is 0 Å². The highest BCUT2D eigenvalue weighted by atomic mass is 32.1. The van der Waals surface area contributed by atoms with Gasteiger partial charge in [-0.3, -0.25) is 9.59 Å². The van der Waals surface area contributed by atoms with E-state index >= 15 is 0 Å². The summed E-state index contributed by atoms with van der Waals surface area (Å²) in [5, 5.41) is 2.74. The number of carbonyl (C=O) groups is 2. The maximum Gasteiger partial charge on any atom is 0.273 e. The van der Waals surface area contributed by atoms with Gasteiger partial charge in [-0.25, -0.2) is 4.98 Å². The number of aryl methyl sites for hydroxylation is 1. The summed E-state index contributed by atoms with van der Waals surface area (Å²) in [4.78, 5) is 32.7. The molecular formula is C16H23N3O3S. The molecule has 2 aliphatic heterocycles. The lowest BCUT2D eigenvalue weighted by Gasteiger charge is -2.38. The molecule has 6 nitrogen and oxygen atoms in total. The van der Waals surface area contributed by atoms with Crippen molar-refractivity contribution in [3.8, 4) is 0 Å². The molecular weight excluding hydrogens is 314 g/mol. The predicted molar refractivity (Wildman–Crippen MR) is 87.5 cm³/mol. The molecule has 1 aromatic heterocycles. The van der Waals surface area contributed by atoms with E-state index in [9.17, 15) is 9.59 Å². The van der Waals surface area contributed by atoms with E-state index in [4.69, 9.17) is 4.74 Å². The lowest BCUT2D eigenvalue weighted by atomic mass is 9.77. The molecule has 2 aliphatic rings. The average Bonchev–Trinajstić information content (AvgIpc) is 3.09. The highest BCUT2D eigenvalue weighted by Crippen LogP contribution is 2.41. The molecule has 0 aromatic carbocycles. The molecule has 2 amide bonds. The summed E-state index contributed by atoms with van der Waals surface area (Å²) >= 11 is 1.50. The average molecular weight is 337 g/mol. The number of methoxy groups -OCH3 is 1. The lowest BCUT2D eigenvalue weighted by molar-refractivity contribution is -0.128. The van der Waals surface area contributed by atoms with Gasteiger partial charge in [-0.15, -0.1) is 11.3 Å². The first-order chi connectivity index (χ1) is 11.0. The van der Waals surface area contributed by atoms with Crippen molar-refractivity contribution in [3.63, 3.8) is 0 Å². The minimum absolute atomic E-state index is 0.0183. The summed E-state index contributed by atoms with van der Waals surface area (Å²) in [5.74, 6) is 0.238. The van der Waals surface area contributed by atoms with Crippen molar-refractivity contribution >= 4 is 23.2 Å². The second-order valence-electron chi connectivity index (χ2n) is 6.53. The zero-order valence-electron chi connectivity index (χ0n) is 13.7. The Morgan fingerprint density at radius 3 is 2.78 bits per heavy atom. The molecule has 0 bridgehead atoms. The van der Waals surface area contributed by atoms with Gasteiger partial charge in [0.25, 0.3) is 5.91 Å². The maximum atomic E-state index is 12.5. The fourth-order valence-electron chi connectivity index (χ4n) is 3.53. The third kappa shape index (κ3) is 3.40. The standard InChI is InChI=1S/C16H23N3O3S/c1-12-17-13(10-23-12)15(21)18-5-3-16(4-6-18)9-14(20)19(11-16)7-8-22-2/h10H,3-9,11H2,1-2H3. The first kappa shape index (κ1) is 16.4. The number of ether oxygens (including phenoxy) is 1. The summed E-state index contributed by atoms with van der Waals surface area (Å²) < 4.78 is 5.07. The van der Waals surface area contributed by atoms with E-state index in [1.165, 1.54) is 11.3 Å². The Morgan fingerprint density at radius 2 is 2.17 bits per heavy atom. The zero-order chi connectivity index (χ0) is 16.4. The quantitative estimate of drug-likeness (QED) is 0.836.